The topological polar surface area (TPSA) is 93.9 Å². The second kappa shape index (κ2) is 5.89. The van der Waals surface area contributed by atoms with Crippen molar-refractivity contribution < 1.29 is 9.53 Å². The molecule has 1 aromatic heterocycles. The maximum atomic E-state index is 11.5. The molecule has 0 fully saturated rings. The molecule has 0 saturated carbocycles. The first-order valence-electron chi connectivity index (χ1n) is 6.14. The molecule has 0 aliphatic rings. The molecule has 0 aliphatic heterocycles. The van der Waals surface area contributed by atoms with E-state index in [1.807, 2.05) is 36.4 Å². The average Bonchev–Trinajstić information content (AvgIpc) is 2.76. The zero-order chi connectivity index (χ0) is 14.5. The van der Waals surface area contributed by atoms with Crippen molar-refractivity contribution in [1.82, 2.24) is 9.78 Å². The van der Waals surface area contributed by atoms with Crippen LogP contribution >= 0.6 is 0 Å². The van der Waals surface area contributed by atoms with Crippen LogP contribution in [0, 0.1) is 11.3 Å². The average molecular weight is 270 g/mol. The summed E-state index contributed by atoms with van der Waals surface area (Å²) in [6.07, 6.45) is 0. The Balaban J connectivity index is 2.40. The van der Waals surface area contributed by atoms with Gasteiger partial charge in [0.1, 0.15) is 29.7 Å². The first-order valence-corrected chi connectivity index (χ1v) is 6.14. The molecule has 0 spiro atoms. The molecule has 0 radical (unpaired) electrons. The monoisotopic (exact) mass is 270 g/mol. The van der Waals surface area contributed by atoms with Gasteiger partial charge in [0.05, 0.1) is 6.61 Å². The summed E-state index contributed by atoms with van der Waals surface area (Å²) in [5.74, 6) is -0.273. The normalized spacial score (nSPS) is 10.0. The third-order valence-corrected chi connectivity index (χ3v) is 2.73. The van der Waals surface area contributed by atoms with Crippen molar-refractivity contribution in [2.75, 3.05) is 12.3 Å². The highest BCUT2D eigenvalue weighted by atomic mass is 16.5. The summed E-state index contributed by atoms with van der Waals surface area (Å²) in [6.45, 7) is 1.90. The summed E-state index contributed by atoms with van der Waals surface area (Å²) in [7, 11) is 0. The number of benzene rings is 1. The molecule has 2 N–H and O–H groups in total. The van der Waals surface area contributed by atoms with Crippen molar-refractivity contribution in [3.8, 4) is 17.3 Å². The third-order valence-electron chi connectivity index (χ3n) is 2.73. The molecule has 0 amide bonds. The van der Waals surface area contributed by atoms with E-state index in [1.165, 1.54) is 4.68 Å². The zero-order valence-electron chi connectivity index (χ0n) is 11.0. The van der Waals surface area contributed by atoms with E-state index in [2.05, 4.69) is 5.10 Å². The number of nitrogen functional groups attached to an aromatic ring is 1. The second-order valence-corrected chi connectivity index (χ2v) is 4.05. The fourth-order valence-electron chi connectivity index (χ4n) is 1.83. The summed E-state index contributed by atoms with van der Waals surface area (Å²) in [5.41, 5.74) is 7.37. The number of esters is 1. The Labute approximate surface area is 116 Å². The van der Waals surface area contributed by atoms with Crippen molar-refractivity contribution in [3.05, 3.63) is 35.9 Å². The number of anilines is 1. The zero-order valence-corrected chi connectivity index (χ0v) is 11.0. The Morgan fingerprint density at radius 3 is 2.75 bits per heavy atom. The Morgan fingerprint density at radius 1 is 1.45 bits per heavy atom. The van der Waals surface area contributed by atoms with Crippen molar-refractivity contribution in [2.45, 2.75) is 13.5 Å². The van der Waals surface area contributed by atoms with Gasteiger partial charge < -0.3 is 10.5 Å². The molecule has 102 valence electrons. The molecule has 0 unspecified atom stereocenters. The molecule has 1 heterocycles. The smallest absolute Gasteiger partial charge is 0.327 e. The lowest BCUT2D eigenvalue weighted by molar-refractivity contribution is -0.143. The van der Waals surface area contributed by atoms with Crippen LogP contribution in [0.2, 0.25) is 0 Å². The van der Waals surface area contributed by atoms with Gasteiger partial charge in [0.25, 0.3) is 0 Å². The number of aromatic nitrogens is 2. The van der Waals surface area contributed by atoms with E-state index in [0.29, 0.717) is 5.69 Å². The fraction of sp³-hybridized carbons (Fsp3) is 0.214. The largest absolute Gasteiger partial charge is 0.465 e. The van der Waals surface area contributed by atoms with Crippen LogP contribution in [-0.4, -0.2) is 22.4 Å². The maximum absolute atomic E-state index is 11.5. The molecule has 6 heteroatoms. The number of ether oxygens (including phenoxy) is 1. The minimum atomic E-state index is -0.439. The quantitative estimate of drug-likeness (QED) is 0.851. The van der Waals surface area contributed by atoms with E-state index in [0.717, 1.165) is 5.56 Å². The molecular formula is C14H14N4O2. The standard InChI is InChI=1S/C14H14N4O2/c1-2-20-12(19)9-18-14(16)11(8-15)13(17-18)10-6-4-3-5-7-10/h3-7H,2,9,16H2,1H3. The number of nitriles is 1. The van der Waals surface area contributed by atoms with Crippen LogP contribution in [0.4, 0.5) is 5.82 Å². The van der Waals surface area contributed by atoms with Gasteiger partial charge in [-0.05, 0) is 6.92 Å². The summed E-state index contributed by atoms with van der Waals surface area (Å²) in [6, 6.07) is 11.2. The molecule has 20 heavy (non-hydrogen) atoms. The predicted octanol–water partition coefficient (Wildman–Crippen LogP) is 1.57. The molecule has 2 rings (SSSR count). The molecule has 6 nitrogen and oxygen atoms in total. The highest BCUT2D eigenvalue weighted by Crippen LogP contribution is 2.26. The molecule has 2 aromatic rings. The number of carbonyl (C=O) groups is 1. The minimum absolute atomic E-state index is 0.110. The first kappa shape index (κ1) is 13.6. The van der Waals surface area contributed by atoms with Gasteiger partial charge in [-0.3, -0.25) is 4.79 Å². The highest BCUT2D eigenvalue weighted by molar-refractivity contribution is 5.75. The van der Waals surface area contributed by atoms with E-state index in [1.54, 1.807) is 6.92 Å². The van der Waals surface area contributed by atoms with E-state index < -0.39 is 5.97 Å². The Bertz CT molecular complexity index is 656. The lowest BCUT2D eigenvalue weighted by Crippen LogP contribution is -2.16. The Morgan fingerprint density at radius 2 is 2.15 bits per heavy atom. The summed E-state index contributed by atoms with van der Waals surface area (Å²) >= 11 is 0. The van der Waals surface area contributed by atoms with Crippen molar-refractivity contribution in [3.63, 3.8) is 0 Å². The van der Waals surface area contributed by atoms with Crippen LogP contribution in [0.3, 0.4) is 0 Å². The molecule has 1 aromatic carbocycles. The van der Waals surface area contributed by atoms with E-state index in [-0.39, 0.29) is 24.5 Å². The molecule has 0 aliphatic carbocycles. The summed E-state index contributed by atoms with van der Waals surface area (Å²) in [4.78, 5) is 11.5. The summed E-state index contributed by atoms with van der Waals surface area (Å²) < 4.78 is 6.14. The van der Waals surface area contributed by atoms with E-state index in [4.69, 9.17) is 10.5 Å². The van der Waals surface area contributed by atoms with Gasteiger partial charge >= 0.3 is 5.97 Å². The van der Waals surface area contributed by atoms with E-state index >= 15 is 0 Å². The molecular weight excluding hydrogens is 256 g/mol. The van der Waals surface area contributed by atoms with Crippen molar-refractivity contribution in [2.24, 2.45) is 0 Å². The molecule has 0 bridgehead atoms. The SMILES string of the molecule is CCOC(=O)Cn1nc(-c2ccccc2)c(C#N)c1N. The number of rotatable bonds is 4. The fourth-order valence-corrected chi connectivity index (χ4v) is 1.83. The Hall–Kier alpha value is -2.81. The van der Waals surface area contributed by atoms with Crippen LogP contribution in [0.1, 0.15) is 12.5 Å². The van der Waals surface area contributed by atoms with Gasteiger partial charge in [-0.15, -0.1) is 0 Å². The number of carbonyl (C=O) groups excluding carboxylic acids is 1. The van der Waals surface area contributed by atoms with Gasteiger partial charge in [0.2, 0.25) is 0 Å². The van der Waals surface area contributed by atoms with Crippen LogP contribution in [-0.2, 0) is 16.1 Å². The van der Waals surface area contributed by atoms with Crippen LogP contribution in [0.5, 0.6) is 0 Å². The maximum Gasteiger partial charge on any atom is 0.327 e. The van der Waals surface area contributed by atoms with Crippen molar-refractivity contribution in [1.29, 1.82) is 5.26 Å². The second-order valence-electron chi connectivity index (χ2n) is 4.05. The van der Waals surface area contributed by atoms with Gasteiger partial charge in [-0.2, -0.15) is 10.4 Å². The predicted molar refractivity (Wildman–Crippen MR) is 73.4 cm³/mol. The van der Waals surface area contributed by atoms with Crippen molar-refractivity contribution >= 4 is 11.8 Å². The minimum Gasteiger partial charge on any atom is -0.465 e. The van der Waals surface area contributed by atoms with E-state index in [9.17, 15) is 10.1 Å². The molecule has 0 atom stereocenters. The first-order chi connectivity index (χ1) is 9.67. The van der Waals surface area contributed by atoms with Crippen LogP contribution < -0.4 is 5.73 Å². The molecule has 0 saturated heterocycles. The number of nitrogens with zero attached hydrogens (tertiary/aromatic N) is 3. The van der Waals surface area contributed by atoms with Gasteiger partial charge in [-0.1, -0.05) is 30.3 Å². The lowest BCUT2D eigenvalue weighted by atomic mass is 10.1. The van der Waals surface area contributed by atoms with Gasteiger partial charge in [-0.25, -0.2) is 4.68 Å². The summed E-state index contributed by atoms with van der Waals surface area (Å²) in [5, 5.41) is 13.5. The van der Waals surface area contributed by atoms with Crippen LogP contribution in [0.15, 0.2) is 30.3 Å². The number of hydrogen-bond acceptors (Lipinski definition) is 5. The Kier molecular flexibility index (Phi) is 4.01. The number of hydrogen-bond donors (Lipinski definition) is 1. The third kappa shape index (κ3) is 2.62. The lowest BCUT2D eigenvalue weighted by Gasteiger charge is -2.03. The number of nitrogens with two attached hydrogens (primary N) is 1. The van der Waals surface area contributed by atoms with Crippen LogP contribution in [0.25, 0.3) is 11.3 Å². The van der Waals surface area contributed by atoms with Gasteiger partial charge in [0.15, 0.2) is 0 Å². The van der Waals surface area contributed by atoms with Gasteiger partial charge in [0, 0.05) is 5.56 Å². The highest BCUT2D eigenvalue weighted by Gasteiger charge is 2.18.